The van der Waals surface area contributed by atoms with Crippen molar-refractivity contribution in [1.82, 2.24) is 25.1 Å². The molecule has 1 saturated heterocycles. The summed E-state index contributed by atoms with van der Waals surface area (Å²) in [6, 6.07) is 3.89. The van der Waals surface area contributed by atoms with Gasteiger partial charge < -0.3 is 20.1 Å². The number of amides is 1. The smallest absolute Gasteiger partial charge is 0.255 e. The number of fused-ring (bicyclic) bond motifs is 1. The molecule has 0 aliphatic carbocycles. The number of nitrogens with zero attached hydrogens (tertiary/aromatic N) is 4. The summed E-state index contributed by atoms with van der Waals surface area (Å²) in [5.41, 5.74) is 2.93. The maximum Gasteiger partial charge on any atom is 0.255 e. The van der Waals surface area contributed by atoms with Crippen molar-refractivity contribution >= 4 is 22.6 Å². The highest BCUT2D eigenvalue weighted by Crippen LogP contribution is 2.28. The minimum Gasteiger partial charge on any atom is -0.481 e. The molecule has 3 aromatic heterocycles. The van der Waals surface area contributed by atoms with Gasteiger partial charge in [-0.05, 0) is 25.3 Å². The highest BCUT2D eigenvalue weighted by atomic mass is 16.5. The van der Waals surface area contributed by atoms with Crippen LogP contribution in [0.3, 0.4) is 0 Å². The van der Waals surface area contributed by atoms with Gasteiger partial charge in [0.05, 0.1) is 29.9 Å². The fourth-order valence-corrected chi connectivity index (χ4v) is 3.55. The van der Waals surface area contributed by atoms with E-state index < -0.39 is 0 Å². The van der Waals surface area contributed by atoms with Crippen LogP contribution in [0.15, 0.2) is 30.7 Å². The summed E-state index contributed by atoms with van der Waals surface area (Å²) in [6.45, 7) is 4.52. The molecule has 0 saturated carbocycles. The van der Waals surface area contributed by atoms with Crippen molar-refractivity contribution < 1.29 is 14.3 Å². The van der Waals surface area contributed by atoms with Crippen molar-refractivity contribution in [3.8, 4) is 5.88 Å². The van der Waals surface area contributed by atoms with Crippen LogP contribution in [0, 0.1) is 0 Å². The number of aromatic nitrogens is 4. The van der Waals surface area contributed by atoms with Crippen molar-refractivity contribution in [3.63, 3.8) is 0 Å². The van der Waals surface area contributed by atoms with Gasteiger partial charge >= 0.3 is 0 Å². The standard InChI is InChI=1S/C21H26N6O3/c1-3-27-20-16(13-25-27)19(26-15-6-8-30-9-7-15)17(12-23-20)21(28)24-11-14-4-5-18(29-2)22-10-14/h4-5,10,12-13,15H,3,6-9,11H2,1-2H3,(H,23,26)(H,24,28). The number of methoxy groups -OCH3 is 1. The van der Waals surface area contributed by atoms with Gasteiger partial charge in [-0.1, -0.05) is 6.07 Å². The van der Waals surface area contributed by atoms with E-state index in [0.717, 1.165) is 35.1 Å². The maximum absolute atomic E-state index is 13.0. The third kappa shape index (κ3) is 4.20. The molecule has 1 fully saturated rings. The molecule has 2 N–H and O–H groups in total. The Bertz CT molecular complexity index is 1010. The highest BCUT2D eigenvalue weighted by Gasteiger charge is 2.22. The summed E-state index contributed by atoms with van der Waals surface area (Å²) in [4.78, 5) is 21.7. The number of carbonyl (C=O) groups excluding carboxylic acids is 1. The van der Waals surface area contributed by atoms with Crippen molar-refractivity contribution in [2.75, 3.05) is 25.6 Å². The minimum atomic E-state index is -0.195. The van der Waals surface area contributed by atoms with Crippen molar-refractivity contribution in [2.24, 2.45) is 0 Å². The molecule has 1 amide bonds. The topological polar surface area (TPSA) is 103 Å². The molecule has 4 rings (SSSR count). The third-order valence-electron chi connectivity index (χ3n) is 5.24. The molecule has 0 atom stereocenters. The van der Waals surface area contributed by atoms with Gasteiger partial charge in [0.25, 0.3) is 5.91 Å². The van der Waals surface area contributed by atoms with Crippen LogP contribution in [0.25, 0.3) is 11.0 Å². The summed E-state index contributed by atoms with van der Waals surface area (Å²) in [5.74, 6) is 0.342. The van der Waals surface area contributed by atoms with Crippen molar-refractivity contribution in [1.29, 1.82) is 0 Å². The monoisotopic (exact) mass is 410 g/mol. The van der Waals surface area contributed by atoms with E-state index >= 15 is 0 Å². The van der Waals surface area contributed by atoms with Crippen LogP contribution >= 0.6 is 0 Å². The van der Waals surface area contributed by atoms with Gasteiger partial charge in [-0.2, -0.15) is 5.10 Å². The van der Waals surface area contributed by atoms with Gasteiger partial charge in [0, 0.05) is 50.8 Å². The van der Waals surface area contributed by atoms with Crippen LogP contribution in [0.1, 0.15) is 35.7 Å². The number of carbonyl (C=O) groups is 1. The number of rotatable bonds is 7. The minimum absolute atomic E-state index is 0.195. The second-order valence-electron chi connectivity index (χ2n) is 7.17. The number of hydrogen-bond acceptors (Lipinski definition) is 7. The van der Waals surface area contributed by atoms with Crippen LogP contribution in [-0.4, -0.2) is 52.0 Å². The molecular weight excluding hydrogens is 384 g/mol. The number of pyridine rings is 2. The molecule has 9 nitrogen and oxygen atoms in total. The number of ether oxygens (including phenoxy) is 2. The predicted molar refractivity (Wildman–Crippen MR) is 113 cm³/mol. The molecule has 158 valence electrons. The Balaban J connectivity index is 1.59. The molecule has 4 heterocycles. The lowest BCUT2D eigenvalue weighted by molar-refractivity contribution is 0.0904. The first-order valence-electron chi connectivity index (χ1n) is 10.2. The molecule has 9 heteroatoms. The van der Waals surface area contributed by atoms with Crippen LogP contribution in [0.4, 0.5) is 5.69 Å². The van der Waals surface area contributed by atoms with E-state index in [1.54, 1.807) is 31.8 Å². The Hall–Kier alpha value is -3.20. The zero-order valence-corrected chi connectivity index (χ0v) is 17.2. The molecule has 3 aromatic rings. The van der Waals surface area contributed by atoms with E-state index in [0.29, 0.717) is 37.7 Å². The second kappa shape index (κ2) is 9.08. The Morgan fingerprint density at radius 2 is 2.07 bits per heavy atom. The largest absolute Gasteiger partial charge is 0.481 e. The zero-order valence-electron chi connectivity index (χ0n) is 17.2. The van der Waals surface area contributed by atoms with E-state index in [2.05, 4.69) is 25.7 Å². The second-order valence-corrected chi connectivity index (χ2v) is 7.17. The van der Waals surface area contributed by atoms with Gasteiger partial charge in [0.1, 0.15) is 0 Å². The molecule has 0 bridgehead atoms. The van der Waals surface area contributed by atoms with Gasteiger partial charge in [0.2, 0.25) is 5.88 Å². The Morgan fingerprint density at radius 3 is 2.77 bits per heavy atom. The average molecular weight is 410 g/mol. The quantitative estimate of drug-likeness (QED) is 0.616. The highest BCUT2D eigenvalue weighted by molar-refractivity contribution is 6.06. The third-order valence-corrected chi connectivity index (χ3v) is 5.24. The van der Waals surface area contributed by atoms with Crippen LogP contribution in [-0.2, 0) is 17.8 Å². The molecule has 1 aliphatic rings. The Morgan fingerprint density at radius 1 is 1.23 bits per heavy atom. The maximum atomic E-state index is 13.0. The fourth-order valence-electron chi connectivity index (χ4n) is 3.55. The van der Waals surface area contributed by atoms with E-state index in [-0.39, 0.29) is 11.9 Å². The molecule has 1 aliphatic heterocycles. The van der Waals surface area contributed by atoms with Crippen molar-refractivity contribution in [3.05, 3.63) is 41.9 Å². The first-order valence-corrected chi connectivity index (χ1v) is 10.2. The summed E-state index contributed by atoms with van der Waals surface area (Å²) in [5, 5.41) is 11.8. The molecular formula is C21H26N6O3. The predicted octanol–water partition coefficient (Wildman–Crippen LogP) is 2.38. The Labute approximate surface area is 174 Å². The number of nitrogens with one attached hydrogen (secondary N) is 2. The van der Waals surface area contributed by atoms with Gasteiger partial charge in [-0.3, -0.25) is 4.79 Å². The lowest BCUT2D eigenvalue weighted by atomic mass is 10.1. The average Bonchev–Trinajstić information content (AvgIpc) is 3.22. The first-order chi connectivity index (χ1) is 14.7. The van der Waals surface area contributed by atoms with Gasteiger partial charge in [0.15, 0.2) is 5.65 Å². The van der Waals surface area contributed by atoms with Crippen LogP contribution in [0.5, 0.6) is 5.88 Å². The number of hydrogen-bond donors (Lipinski definition) is 2. The summed E-state index contributed by atoms with van der Waals surface area (Å²) in [7, 11) is 1.57. The number of aryl methyl sites for hydroxylation is 1. The normalized spacial score (nSPS) is 14.6. The Kier molecular flexibility index (Phi) is 6.08. The zero-order chi connectivity index (χ0) is 20.9. The van der Waals surface area contributed by atoms with Crippen molar-refractivity contribution in [2.45, 2.75) is 38.9 Å². The summed E-state index contributed by atoms with van der Waals surface area (Å²) in [6.07, 6.45) is 6.87. The lowest BCUT2D eigenvalue weighted by Crippen LogP contribution is -2.30. The van der Waals surface area contributed by atoms with Crippen LogP contribution in [0.2, 0.25) is 0 Å². The summed E-state index contributed by atoms with van der Waals surface area (Å²) < 4.78 is 12.4. The fraction of sp³-hybridized carbons (Fsp3) is 0.429. The molecule has 0 unspecified atom stereocenters. The molecule has 0 aromatic carbocycles. The first kappa shape index (κ1) is 20.1. The lowest BCUT2D eigenvalue weighted by Gasteiger charge is -2.25. The molecule has 0 radical (unpaired) electrons. The van der Waals surface area contributed by atoms with E-state index in [1.165, 1.54) is 0 Å². The SMILES string of the molecule is CCn1ncc2c(NC3CCOCC3)c(C(=O)NCc3ccc(OC)nc3)cnc21. The van der Waals surface area contributed by atoms with E-state index in [9.17, 15) is 4.79 Å². The van der Waals surface area contributed by atoms with Gasteiger partial charge in [-0.25, -0.2) is 14.6 Å². The summed E-state index contributed by atoms with van der Waals surface area (Å²) >= 11 is 0. The van der Waals surface area contributed by atoms with Crippen LogP contribution < -0.4 is 15.4 Å². The molecule has 0 spiro atoms. The van der Waals surface area contributed by atoms with Gasteiger partial charge in [-0.15, -0.1) is 0 Å². The molecule has 30 heavy (non-hydrogen) atoms. The number of anilines is 1. The van der Waals surface area contributed by atoms with E-state index in [1.807, 2.05) is 17.7 Å². The van der Waals surface area contributed by atoms with E-state index in [4.69, 9.17) is 9.47 Å².